The second kappa shape index (κ2) is 11.8. The first-order chi connectivity index (χ1) is 15.6. The Labute approximate surface area is 211 Å². The zero-order valence-electron chi connectivity index (χ0n) is 20.7. The minimum atomic E-state index is -0.458. The van der Waals surface area contributed by atoms with E-state index in [1.807, 2.05) is 32.1 Å². The van der Waals surface area contributed by atoms with E-state index in [1.165, 1.54) is 9.13 Å². The van der Waals surface area contributed by atoms with Crippen LogP contribution in [0.1, 0.15) is 70.9 Å². The van der Waals surface area contributed by atoms with Crippen LogP contribution in [0.3, 0.4) is 0 Å². The monoisotopic (exact) mass is 559 g/mol. The summed E-state index contributed by atoms with van der Waals surface area (Å²) < 4.78 is 1.21. The van der Waals surface area contributed by atoms with Crippen LogP contribution in [-0.4, -0.2) is 35.2 Å². The molecule has 0 saturated heterocycles. The van der Waals surface area contributed by atoms with Crippen molar-refractivity contribution < 1.29 is 9.90 Å². The van der Waals surface area contributed by atoms with Crippen molar-refractivity contribution in [3.8, 4) is 11.8 Å². The van der Waals surface area contributed by atoms with E-state index >= 15 is 0 Å². The molecule has 3 rings (SSSR count). The highest BCUT2D eigenvalue weighted by molar-refractivity contribution is 14.1. The predicted octanol–water partition coefficient (Wildman–Crippen LogP) is 5.94. The average Bonchev–Trinajstić information content (AvgIpc) is 3.61. The van der Waals surface area contributed by atoms with Crippen LogP contribution >= 0.6 is 22.6 Å². The second-order valence-corrected chi connectivity index (χ2v) is 9.86. The molecular formula is C27H34IN3O2. The zero-order chi connectivity index (χ0) is 24.8. The van der Waals surface area contributed by atoms with E-state index in [9.17, 15) is 4.79 Å². The van der Waals surface area contributed by atoms with Crippen LogP contribution in [0.2, 0.25) is 0 Å². The van der Waals surface area contributed by atoms with Crippen LogP contribution in [0.5, 0.6) is 0 Å². The third-order valence-electron chi connectivity index (χ3n) is 5.50. The van der Waals surface area contributed by atoms with Gasteiger partial charge in [0.05, 0.1) is 22.7 Å². The number of dihydropyridines is 1. The second-order valence-electron chi connectivity index (χ2n) is 8.70. The standard InChI is InChI=1S/C22H22IN3O.C5H12O/c1-5-7-22(27)26(21-11-10-19(24-4)18(6-2)25-21)20-12-14(3)17(23)13-16(20)15-8-9-15;1-4-5(2,3)6/h6,10-13,15H,8-9H2,1-4H3;6H,4H2,1-3H3/b18-6+,24-19?;. The highest BCUT2D eigenvalue weighted by atomic mass is 127. The number of hydrogen-bond acceptors (Lipinski definition) is 4. The summed E-state index contributed by atoms with van der Waals surface area (Å²) in [5.41, 5.74) is 4.33. The van der Waals surface area contributed by atoms with E-state index in [4.69, 9.17) is 10.1 Å². The molecule has 33 heavy (non-hydrogen) atoms. The Bertz CT molecular complexity index is 1080. The van der Waals surface area contributed by atoms with Gasteiger partial charge in [-0.2, -0.15) is 0 Å². The minimum Gasteiger partial charge on any atom is -0.390 e. The van der Waals surface area contributed by atoms with Gasteiger partial charge >= 0.3 is 5.91 Å². The first kappa shape index (κ1) is 27.0. The third kappa shape index (κ3) is 7.38. The smallest absolute Gasteiger partial charge is 0.308 e. The number of aliphatic hydroxyl groups is 1. The Hall–Kier alpha value is -2.24. The molecule has 5 nitrogen and oxygen atoms in total. The molecule has 6 heteroatoms. The van der Waals surface area contributed by atoms with Gasteiger partial charge < -0.3 is 5.11 Å². The molecule has 176 valence electrons. The topological polar surface area (TPSA) is 65.3 Å². The number of allylic oxidation sites excluding steroid dienone is 2. The number of anilines is 1. The van der Waals surface area contributed by atoms with Crippen LogP contribution < -0.4 is 4.90 Å². The lowest BCUT2D eigenvalue weighted by Gasteiger charge is -2.26. The summed E-state index contributed by atoms with van der Waals surface area (Å²) in [6, 6.07) is 4.28. The number of hydrogen-bond donors (Lipinski definition) is 1. The van der Waals surface area contributed by atoms with E-state index in [-0.39, 0.29) is 5.91 Å². The number of carbonyl (C=O) groups is 1. The minimum absolute atomic E-state index is 0.268. The fraction of sp³-hybridized carbons (Fsp3) is 0.444. The molecule has 2 aliphatic rings. The molecule has 1 amide bonds. The summed E-state index contributed by atoms with van der Waals surface area (Å²) in [6.45, 7) is 11.2. The van der Waals surface area contributed by atoms with Crippen LogP contribution in [-0.2, 0) is 4.79 Å². The Morgan fingerprint density at radius 2 is 2.00 bits per heavy atom. The molecule has 1 aliphatic heterocycles. The SMILES string of the molecule is CC#CC(=O)N(C1=N/C(=C/C)C(=NC)C=C1)c1cc(C)c(I)cc1C1CC1.CCC(C)(C)O. The summed E-state index contributed by atoms with van der Waals surface area (Å²) in [4.78, 5) is 23.6. The van der Waals surface area contributed by atoms with Crippen LogP contribution in [0.15, 0.2) is 46.0 Å². The molecule has 0 radical (unpaired) electrons. The Morgan fingerprint density at radius 3 is 2.48 bits per heavy atom. The maximum Gasteiger partial charge on any atom is 0.308 e. The van der Waals surface area contributed by atoms with Gasteiger partial charge in [0, 0.05) is 10.6 Å². The number of amides is 1. The van der Waals surface area contributed by atoms with Gasteiger partial charge in [-0.05, 0) is 124 Å². The number of carbonyl (C=O) groups excluding carboxylic acids is 1. The van der Waals surface area contributed by atoms with E-state index in [0.717, 1.165) is 41.9 Å². The lowest BCUT2D eigenvalue weighted by molar-refractivity contribution is -0.112. The molecule has 1 saturated carbocycles. The van der Waals surface area contributed by atoms with E-state index in [2.05, 4.69) is 58.5 Å². The van der Waals surface area contributed by atoms with Gasteiger partial charge in [-0.3, -0.25) is 14.7 Å². The lowest BCUT2D eigenvalue weighted by atomic mass is 10.0. The molecule has 1 N–H and O–H groups in total. The molecule has 1 aromatic carbocycles. The number of amidine groups is 1. The highest BCUT2D eigenvalue weighted by Crippen LogP contribution is 2.45. The quantitative estimate of drug-likeness (QED) is 0.368. The van der Waals surface area contributed by atoms with Gasteiger partial charge in [-0.25, -0.2) is 4.99 Å². The molecule has 0 unspecified atom stereocenters. The number of rotatable bonds is 3. The molecule has 1 heterocycles. The number of halogens is 1. The van der Waals surface area contributed by atoms with Gasteiger partial charge in [0.15, 0.2) is 0 Å². The van der Waals surface area contributed by atoms with Gasteiger partial charge in [-0.1, -0.05) is 18.9 Å². The summed E-state index contributed by atoms with van der Waals surface area (Å²) >= 11 is 2.36. The van der Waals surface area contributed by atoms with Crippen molar-refractivity contribution in [2.75, 3.05) is 11.9 Å². The van der Waals surface area contributed by atoms with Crippen LogP contribution in [0, 0.1) is 22.3 Å². The lowest BCUT2D eigenvalue weighted by Crippen LogP contribution is -2.37. The number of nitrogens with zero attached hydrogens (tertiary/aromatic N) is 3. The Kier molecular flexibility index (Phi) is 9.62. The maximum atomic E-state index is 13.0. The number of aryl methyl sites for hydroxylation is 1. The van der Waals surface area contributed by atoms with Crippen molar-refractivity contribution in [1.29, 1.82) is 0 Å². The average molecular weight is 559 g/mol. The van der Waals surface area contributed by atoms with E-state index in [0.29, 0.717) is 11.8 Å². The number of benzene rings is 1. The maximum absolute atomic E-state index is 13.0. The molecular weight excluding hydrogens is 525 g/mol. The van der Waals surface area contributed by atoms with Gasteiger partial charge in [-0.15, -0.1) is 0 Å². The predicted molar refractivity (Wildman–Crippen MR) is 147 cm³/mol. The molecule has 0 spiro atoms. The number of aliphatic imine (C=N–C) groups is 2. The van der Waals surface area contributed by atoms with Crippen molar-refractivity contribution in [2.24, 2.45) is 9.98 Å². The van der Waals surface area contributed by atoms with Crippen molar-refractivity contribution in [1.82, 2.24) is 0 Å². The van der Waals surface area contributed by atoms with Gasteiger partial charge in [0.1, 0.15) is 5.84 Å². The molecule has 1 aliphatic carbocycles. The largest absolute Gasteiger partial charge is 0.390 e. The van der Waals surface area contributed by atoms with Gasteiger partial charge in [0.2, 0.25) is 0 Å². The third-order valence-corrected chi connectivity index (χ3v) is 6.66. The molecule has 0 aromatic heterocycles. The highest BCUT2D eigenvalue weighted by Gasteiger charge is 2.32. The van der Waals surface area contributed by atoms with Crippen molar-refractivity contribution in [3.05, 3.63) is 50.8 Å². The molecule has 0 atom stereocenters. The summed E-state index contributed by atoms with van der Waals surface area (Å²) in [5, 5.41) is 8.83. The first-order valence-electron chi connectivity index (χ1n) is 11.3. The summed E-state index contributed by atoms with van der Waals surface area (Å²) in [6.07, 6.45) is 8.78. The Morgan fingerprint density at radius 1 is 1.36 bits per heavy atom. The summed E-state index contributed by atoms with van der Waals surface area (Å²) in [7, 11) is 1.74. The first-order valence-corrected chi connectivity index (χ1v) is 12.3. The van der Waals surface area contributed by atoms with Gasteiger partial charge in [0.25, 0.3) is 0 Å². The molecule has 1 fully saturated rings. The molecule has 1 aromatic rings. The fourth-order valence-corrected chi connectivity index (χ4v) is 3.57. The zero-order valence-corrected chi connectivity index (χ0v) is 22.8. The van der Waals surface area contributed by atoms with E-state index < -0.39 is 5.60 Å². The normalized spacial score (nSPS) is 17.7. The summed E-state index contributed by atoms with van der Waals surface area (Å²) in [5.74, 6) is 6.23. The van der Waals surface area contributed by atoms with Crippen molar-refractivity contribution >= 4 is 45.7 Å². The van der Waals surface area contributed by atoms with Crippen LogP contribution in [0.4, 0.5) is 5.69 Å². The van der Waals surface area contributed by atoms with Crippen molar-refractivity contribution in [3.63, 3.8) is 0 Å². The van der Waals surface area contributed by atoms with Crippen LogP contribution in [0.25, 0.3) is 0 Å². The van der Waals surface area contributed by atoms with E-state index in [1.54, 1.807) is 32.7 Å². The van der Waals surface area contributed by atoms with Crippen molar-refractivity contribution in [2.45, 2.75) is 72.3 Å². The molecule has 0 bridgehead atoms. The Balaban J connectivity index is 0.000000569. The fourth-order valence-electron chi connectivity index (χ4n) is 3.08.